The number of carbonyl (C=O) groups is 1. The van der Waals surface area contributed by atoms with Crippen LogP contribution in [0.15, 0.2) is 66.7 Å². The lowest BCUT2D eigenvalue weighted by atomic mass is 10.1. The first-order valence-electron chi connectivity index (χ1n) is 9.97. The lowest BCUT2D eigenvalue weighted by Crippen LogP contribution is -2.13. The predicted octanol–water partition coefficient (Wildman–Crippen LogP) is 5.32. The van der Waals surface area contributed by atoms with Crippen molar-refractivity contribution in [2.45, 2.75) is 33.1 Å². The number of amides is 1. The molecule has 1 heterocycles. The van der Waals surface area contributed by atoms with Crippen LogP contribution in [0.5, 0.6) is 0 Å². The van der Waals surface area contributed by atoms with E-state index in [-0.39, 0.29) is 5.91 Å². The van der Waals surface area contributed by atoms with Gasteiger partial charge < -0.3 is 5.32 Å². The van der Waals surface area contributed by atoms with Gasteiger partial charge in [0.2, 0.25) is 0 Å². The molecule has 0 aliphatic rings. The summed E-state index contributed by atoms with van der Waals surface area (Å²) in [6.45, 7) is 4.13. The molecule has 0 atom stereocenters. The van der Waals surface area contributed by atoms with Crippen molar-refractivity contribution >= 4 is 22.6 Å². The van der Waals surface area contributed by atoms with Gasteiger partial charge in [0.05, 0.1) is 5.69 Å². The topological polar surface area (TPSA) is 59.8 Å². The fraction of sp³-hybridized carbons (Fsp3) is 0.208. The van der Waals surface area contributed by atoms with Crippen molar-refractivity contribution in [2.75, 3.05) is 5.32 Å². The number of hydrogen-bond acceptors (Lipinski definition) is 3. The Morgan fingerprint density at radius 3 is 2.48 bits per heavy atom. The van der Waals surface area contributed by atoms with Gasteiger partial charge >= 0.3 is 0 Å². The van der Waals surface area contributed by atoms with Crippen molar-refractivity contribution in [3.63, 3.8) is 0 Å². The van der Waals surface area contributed by atoms with E-state index < -0.39 is 0 Å². The summed E-state index contributed by atoms with van der Waals surface area (Å²) >= 11 is 0. The van der Waals surface area contributed by atoms with E-state index in [0.29, 0.717) is 11.3 Å². The zero-order valence-corrected chi connectivity index (χ0v) is 16.7. The summed E-state index contributed by atoms with van der Waals surface area (Å²) in [7, 11) is 0. The summed E-state index contributed by atoms with van der Waals surface area (Å²) in [6, 6.07) is 21.5. The molecule has 0 radical (unpaired) electrons. The van der Waals surface area contributed by atoms with Crippen molar-refractivity contribution < 1.29 is 4.79 Å². The summed E-state index contributed by atoms with van der Waals surface area (Å²) in [5, 5.41) is 12.1. The first-order valence-corrected chi connectivity index (χ1v) is 9.97. The van der Waals surface area contributed by atoms with Crippen LogP contribution in [0.2, 0.25) is 0 Å². The Morgan fingerprint density at radius 1 is 0.966 bits per heavy atom. The number of aromatic nitrogens is 3. The van der Waals surface area contributed by atoms with Gasteiger partial charge in [0, 0.05) is 11.3 Å². The second-order valence-electron chi connectivity index (χ2n) is 7.23. The second kappa shape index (κ2) is 8.27. The lowest BCUT2D eigenvalue weighted by molar-refractivity contribution is 0.102. The van der Waals surface area contributed by atoms with Crippen LogP contribution in [0, 0.1) is 6.92 Å². The van der Waals surface area contributed by atoms with Gasteiger partial charge in [-0.1, -0.05) is 43.7 Å². The molecule has 5 nitrogen and oxygen atoms in total. The van der Waals surface area contributed by atoms with Gasteiger partial charge in [-0.25, -0.2) is 0 Å². The molecule has 1 aromatic heterocycles. The van der Waals surface area contributed by atoms with Crippen molar-refractivity contribution in [1.82, 2.24) is 15.0 Å². The van der Waals surface area contributed by atoms with Gasteiger partial charge in [-0.2, -0.15) is 4.80 Å². The summed E-state index contributed by atoms with van der Waals surface area (Å²) in [4.78, 5) is 14.2. The van der Waals surface area contributed by atoms with Crippen LogP contribution in [-0.2, 0) is 6.42 Å². The van der Waals surface area contributed by atoms with E-state index in [1.807, 2.05) is 61.5 Å². The van der Waals surface area contributed by atoms with Crippen LogP contribution < -0.4 is 5.32 Å². The molecule has 0 spiro atoms. The molecule has 29 heavy (non-hydrogen) atoms. The first-order chi connectivity index (χ1) is 14.1. The summed E-state index contributed by atoms with van der Waals surface area (Å²) < 4.78 is 0. The number of carbonyl (C=O) groups excluding carboxylic acids is 1. The standard InChI is InChI=1S/C24H24N4O/c1-3-4-8-18-10-13-20(14-11-18)28-26-22-15-12-19(16-23(22)27-28)25-24(29)21-9-6-5-7-17(21)2/h5-7,9-16H,3-4,8H2,1-2H3,(H,25,29). The Balaban J connectivity index is 1.55. The number of unbranched alkanes of at least 4 members (excludes halogenated alkanes) is 1. The van der Waals surface area contributed by atoms with Crippen LogP contribution in [-0.4, -0.2) is 20.9 Å². The molecule has 0 saturated heterocycles. The van der Waals surface area contributed by atoms with Gasteiger partial charge in [-0.05, 0) is 67.3 Å². The molecule has 5 heteroatoms. The minimum Gasteiger partial charge on any atom is -0.322 e. The average Bonchev–Trinajstić information content (AvgIpc) is 3.16. The number of anilines is 1. The molecule has 4 aromatic rings. The average molecular weight is 384 g/mol. The van der Waals surface area contributed by atoms with Crippen LogP contribution >= 0.6 is 0 Å². The zero-order valence-electron chi connectivity index (χ0n) is 16.7. The van der Waals surface area contributed by atoms with Crippen molar-refractivity contribution in [2.24, 2.45) is 0 Å². The number of fused-ring (bicyclic) bond motifs is 1. The van der Waals surface area contributed by atoms with E-state index in [1.165, 1.54) is 18.4 Å². The fourth-order valence-electron chi connectivity index (χ4n) is 3.31. The molecular formula is C24H24N4O. The molecule has 0 fully saturated rings. The highest BCUT2D eigenvalue weighted by Gasteiger charge is 2.11. The monoisotopic (exact) mass is 384 g/mol. The molecule has 0 aliphatic heterocycles. The van der Waals surface area contributed by atoms with Gasteiger partial charge in [-0.3, -0.25) is 4.79 Å². The fourth-order valence-corrected chi connectivity index (χ4v) is 3.31. The molecule has 146 valence electrons. The summed E-state index contributed by atoms with van der Waals surface area (Å²) in [6.07, 6.45) is 3.48. The predicted molar refractivity (Wildman–Crippen MR) is 117 cm³/mol. The molecule has 1 N–H and O–H groups in total. The largest absolute Gasteiger partial charge is 0.322 e. The molecule has 0 aliphatic carbocycles. The Morgan fingerprint density at radius 2 is 1.72 bits per heavy atom. The highest BCUT2D eigenvalue weighted by molar-refractivity contribution is 6.05. The first kappa shape index (κ1) is 18.9. The van der Waals surface area contributed by atoms with Gasteiger partial charge in [0.25, 0.3) is 5.91 Å². The maximum atomic E-state index is 12.6. The van der Waals surface area contributed by atoms with E-state index in [0.717, 1.165) is 28.7 Å². The number of hydrogen-bond donors (Lipinski definition) is 1. The molecule has 0 unspecified atom stereocenters. The van der Waals surface area contributed by atoms with Crippen LogP contribution in [0.1, 0.15) is 41.3 Å². The van der Waals surface area contributed by atoms with Crippen LogP contribution in [0.4, 0.5) is 5.69 Å². The number of rotatable bonds is 6. The van der Waals surface area contributed by atoms with Crippen molar-refractivity contribution in [1.29, 1.82) is 0 Å². The van der Waals surface area contributed by atoms with E-state index in [9.17, 15) is 4.79 Å². The molecule has 0 bridgehead atoms. The smallest absolute Gasteiger partial charge is 0.255 e. The van der Waals surface area contributed by atoms with E-state index >= 15 is 0 Å². The summed E-state index contributed by atoms with van der Waals surface area (Å²) in [5.41, 5.74) is 6.09. The van der Waals surface area contributed by atoms with E-state index in [1.54, 1.807) is 4.80 Å². The normalized spacial score (nSPS) is 11.0. The molecule has 1 amide bonds. The molecule has 3 aromatic carbocycles. The van der Waals surface area contributed by atoms with Gasteiger partial charge in [0.1, 0.15) is 11.0 Å². The third-order valence-electron chi connectivity index (χ3n) is 5.01. The van der Waals surface area contributed by atoms with E-state index in [4.69, 9.17) is 0 Å². The Labute approximate surface area is 170 Å². The molecular weight excluding hydrogens is 360 g/mol. The lowest BCUT2D eigenvalue weighted by Gasteiger charge is -2.07. The maximum Gasteiger partial charge on any atom is 0.255 e. The SMILES string of the molecule is CCCCc1ccc(-n2nc3ccc(NC(=O)c4ccccc4C)cc3n2)cc1. The highest BCUT2D eigenvalue weighted by Crippen LogP contribution is 2.19. The van der Waals surface area contributed by atoms with Crippen LogP contribution in [0.3, 0.4) is 0 Å². The Bertz CT molecular complexity index is 1150. The summed E-state index contributed by atoms with van der Waals surface area (Å²) in [5.74, 6) is -0.127. The minimum absolute atomic E-state index is 0.127. The highest BCUT2D eigenvalue weighted by atomic mass is 16.1. The van der Waals surface area contributed by atoms with Crippen LogP contribution in [0.25, 0.3) is 16.7 Å². The number of aryl methyl sites for hydroxylation is 2. The molecule has 0 saturated carbocycles. The third-order valence-corrected chi connectivity index (χ3v) is 5.01. The zero-order chi connectivity index (χ0) is 20.2. The maximum absolute atomic E-state index is 12.6. The number of nitrogens with one attached hydrogen (secondary N) is 1. The molecule has 4 rings (SSSR count). The minimum atomic E-state index is -0.127. The van der Waals surface area contributed by atoms with Gasteiger partial charge in [0.15, 0.2) is 0 Å². The number of benzene rings is 3. The Hall–Kier alpha value is -3.47. The van der Waals surface area contributed by atoms with Gasteiger partial charge in [-0.15, -0.1) is 10.2 Å². The number of nitrogens with zero attached hydrogens (tertiary/aromatic N) is 3. The van der Waals surface area contributed by atoms with Crippen molar-refractivity contribution in [3.05, 3.63) is 83.4 Å². The van der Waals surface area contributed by atoms with E-state index in [2.05, 4.69) is 34.6 Å². The quantitative estimate of drug-likeness (QED) is 0.489. The third kappa shape index (κ3) is 4.19. The second-order valence-corrected chi connectivity index (χ2v) is 7.23. The Kier molecular flexibility index (Phi) is 5.38. The van der Waals surface area contributed by atoms with Crippen molar-refractivity contribution in [3.8, 4) is 5.69 Å².